The minimum Gasteiger partial charge on any atom is -0.478 e. The smallest absolute Gasteiger partial charge is 0.337 e. The molecule has 5 nitrogen and oxygen atoms in total. The van der Waals surface area contributed by atoms with Crippen molar-refractivity contribution in [2.45, 2.75) is 25.8 Å². The molecule has 3 rings (SSSR count). The Morgan fingerprint density at radius 2 is 2.14 bits per heavy atom. The topological polar surface area (TPSA) is 68.0 Å². The van der Waals surface area contributed by atoms with Gasteiger partial charge in [-0.25, -0.2) is 9.48 Å². The largest absolute Gasteiger partial charge is 0.478 e. The van der Waals surface area contributed by atoms with Crippen LogP contribution in [0.3, 0.4) is 0 Å². The van der Waals surface area contributed by atoms with Crippen LogP contribution in [0.2, 0.25) is 0 Å². The molecule has 1 N–H and O–H groups in total. The second kappa shape index (κ2) is 4.96. The van der Waals surface area contributed by atoms with Gasteiger partial charge in [0.15, 0.2) is 0 Å². The number of thiophene rings is 1. The van der Waals surface area contributed by atoms with E-state index in [0.29, 0.717) is 17.6 Å². The van der Waals surface area contributed by atoms with Crippen molar-refractivity contribution in [3.63, 3.8) is 0 Å². The number of aromatic carboxylic acids is 1. The summed E-state index contributed by atoms with van der Waals surface area (Å²) < 4.78 is 1.69. The van der Waals surface area contributed by atoms with Gasteiger partial charge >= 0.3 is 5.97 Å². The molecule has 0 aliphatic carbocycles. The van der Waals surface area contributed by atoms with E-state index in [9.17, 15) is 9.90 Å². The average Bonchev–Trinajstić information content (AvgIpc) is 3.08. The lowest BCUT2D eigenvalue weighted by Gasteiger charge is -2.23. The summed E-state index contributed by atoms with van der Waals surface area (Å²) in [6.45, 7) is 4.82. The number of hydrogen-bond donors (Lipinski definition) is 1. The first-order valence-electron chi connectivity index (χ1n) is 6.58. The van der Waals surface area contributed by atoms with Gasteiger partial charge in [0.1, 0.15) is 11.0 Å². The van der Waals surface area contributed by atoms with Crippen LogP contribution in [-0.4, -0.2) is 26.1 Å². The zero-order valence-corrected chi connectivity index (χ0v) is 12.6. The van der Waals surface area contributed by atoms with Crippen LogP contribution in [0.15, 0.2) is 35.7 Å². The van der Waals surface area contributed by atoms with Gasteiger partial charge in [-0.05, 0) is 23.6 Å². The predicted molar refractivity (Wildman–Crippen MR) is 81.8 cm³/mol. The fraction of sp³-hybridized carbons (Fsp3) is 0.267. The quantitative estimate of drug-likeness (QED) is 0.803. The SMILES string of the molecule is CC(C)(Cn1nnc2cccc(C(=O)O)c21)c1cccs1. The summed E-state index contributed by atoms with van der Waals surface area (Å²) in [5.74, 6) is -0.960. The zero-order chi connectivity index (χ0) is 15.0. The molecule has 2 heterocycles. The molecule has 0 bridgehead atoms. The molecule has 0 amide bonds. The Morgan fingerprint density at radius 1 is 1.33 bits per heavy atom. The number of rotatable bonds is 4. The minimum absolute atomic E-state index is 0.138. The van der Waals surface area contributed by atoms with Crippen LogP contribution in [0.1, 0.15) is 29.1 Å². The maximum atomic E-state index is 11.4. The molecular weight excluding hydrogens is 286 g/mol. The highest BCUT2D eigenvalue weighted by Crippen LogP contribution is 2.30. The Labute approximate surface area is 125 Å². The van der Waals surface area contributed by atoms with Crippen molar-refractivity contribution in [2.24, 2.45) is 0 Å². The zero-order valence-electron chi connectivity index (χ0n) is 11.8. The lowest BCUT2D eigenvalue weighted by molar-refractivity contribution is 0.0698. The van der Waals surface area contributed by atoms with Crippen LogP contribution < -0.4 is 0 Å². The van der Waals surface area contributed by atoms with Crippen LogP contribution >= 0.6 is 11.3 Å². The maximum Gasteiger partial charge on any atom is 0.337 e. The van der Waals surface area contributed by atoms with Crippen molar-refractivity contribution in [1.82, 2.24) is 15.0 Å². The highest BCUT2D eigenvalue weighted by atomic mass is 32.1. The molecule has 0 atom stereocenters. The number of nitrogens with zero attached hydrogens (tertiary/aromatic N) is 3. The molecule has 0 saturated carbocycles. The normalized spacial score (nSPS) is 11.9. The van der Waals surface area contributed by atoms with Crippen LogP contribution in [0, 0.1) is 0 Å². The number of hydrogen-bond acceptors (Lipinski definition) is 4. The second-order valence-corrected chi connectivity index (χ2v) is 6.53. The number of carboxylic acid groups (broad SMARTS) is 1. The number of benzene rings is 1. The van der Waals surface area contributed by atoms with Crippen molar-refractivity contribution < 1.29 is 9.90 Å². The molecule has 0 aliphatic rings. The first kappa shape index (κ1) is 13.8. The molecule has 1 aromatic carbocycles. The van der Waals surface area contributed by atoms with E-state index in [2.05, 4.69) is 30.2 Å². The first-order valence-corrected chi connectivity index (χ1v) is 7.46. The summed E-state index contributed by atoms with van der Waals surface area (Å²) in [4.78, 5) is 12.6. The van der Waals surface area contributed by atoms with Crippen molar-refractivity contribution >= 4 is 28.3 Å². The van der Waals surface area contributed by atoms with Gasteiger partial charge in [-0.1, -0.05) is 31.2 Å². The van der Waals surface area contributed by atoms with E-state index < -0.39 is 5.97 Å². The Kier molecular flexibility index (Phi) is 3.25. The van der Waals surface area contributed by atoms with E-state index in [-0.39, 0.29) is 11.0 Å². The summed E-state index contributed by atoms with van der Waals surface area (Å²) in [7, 11) is 0. The summed E-state index contributed by atoms with van der Waals surface area (Å²) in [6.07, 6.45) is 0. The highest BCUT2D eigenvalue weighted by molar-refractivity contribution is 7.10. The summed E-state index contributed by atoms with van der Waals surface area (Å²) >= 11 is 1.69. The first-order chi connectivity index (χ1) is 9.99. The standard InChI is InChI=1S/C15H15N3O2S/c1-15(2,12-7-4-8-21-12)9-18-13-10(14(19)20)5-3-6-11(13)16-17-18/h3-8H,9H2,1-2H3,(H,19,20). The van der Waals surface area contributed by atoms with E-state index in [1.165, 1.54) is 4.88 Å². The number of carbonyl (C=O) groups is 1. The highest BCUT2D eigenvalue weighted by Gasteiger charge is 2.25. The second-order valence-electron chi connectivity index (χ2n) is 5.59. The van der Waals surface area contributed by atoms with Crippen molar-refractivity contribution in [3.05, 3.63) is 46.2 Å². The van der Waals surface area contributed by atoms with Crippen LogP contribution in [-0.2, 0) is 12.0 Å². The summed E-state index contributed by atoms with van der Waals surface area (Å²) in [6, 6.07) is 9.16. The molecule has 0 aliphatic heterocycles. The molecule has 21 heavy (non-hydrogen) atoms. The third-order valence-corrected chi connectivity index (χ3v) is 4.73. The molecule has 108 valence electrons. The van der Waals surface area contributed by atoms with Crippen LogP contribution in [0.4, 0.5) is 0 Å². The molecule has 0 fully saturated rings. The number of aromatic nitrogens is 3. The maximum absolute atomic E-state index is 11.4. The molecule has 0 unspecified atom stereocenters. The van der Waals surface area contributed by atoms with E-state index in [0.717, 1.165) is 0 Å². The van der Waals surface area contributed by atoms with Crippen LogP contribution in [0.5, 0.6) is 0 Å². The lowest BCUT2D eigenvalue weighted by atomic mass is 9.91. The molecule has 0 spiro atoms. The molecular formula is C15H15N3O2S. The van der Waals surface area contributed by atoms with E-state index in [4.69, 9.17) is 0 Å². The number of fused-ring (bicyclic) bond motifs is 1. The summed E-state index contributed by atoms with van der Waals surface area (Å²) in [5, 5.41) is 19.6. The molecule has 6 heteroatoms. The Hall–Kier alpha value is -2.21. The monoisotopic (exact) mass is 301 g/mol. The fourth-order valence-electron chi connectivity index (χ4n) is 2.43. The lowest BCUT2D eigenvalue weighted by Crippen LogP contribution is -2.24. The van der Waals surface area contributed by atoms with E-state index in [1.54, 1.807) is 34.2 Å². The van der Waals surface area contributed by atoms with Crippen molar-refractivity contribution in [2.75, 3.05) is 0 Å². The third-order valence-electron chi connectivity index (χ3n) is 3.50. The van der Waals surface area contributed by atoms with Gasteiger partial charge in [-0.2, -0.15) is 0 Å². The third kappa shape index (κ3) is 2.42. The summed E-state index contributed by atoms with van der Waals surface area (Å²) in [5.41, 5.74) is 1.28. The van der Waals surface area contributed by atoms with Gasteiger partial charge in [-0.3, -0.25) is 0 Å². The van der Waals surface area contributed by atoms with Gasteiger partial charge in [0.2, 0.25) is 0 Å². The Balaban J connectivity index is 2.07. The fourth-order valence-corrected chi connectivity index (χ4v) is 3.27. The Bertz CT molecular complexity index is 790. The van der Waals surface area contributed by atoms with Gasteiger partial charge in [-0.15, -0.1) is 16.4 Å². The molecule has 3 aromatic rings. The average molecular weight is 301 g/mol. The van der Waals surface area contributed by atoms with Gasteiger partial charge < -0.3 is 5.11 Å². The molecule has 0 radical (unpaired) electrons. The van der Waals surface area contributed by atoms with E-state index >= 15 is 0 Å². The molecule has 0 saturated heterocycles. The minimum atomic E-state index is -0.960. The Morgan fingerprint density at radius 3 is 2.81 bits per heavy atom. The predicted octanol–water partition coefficient (Wildman–Crippen LogP) is 3.17. The van der Waals surface area contributed by atoms with Gasteiger partial charge in [0.25, 0.3) is 0 Å². The molecule has 2 aromatic heterocycles. The van der Waals surface area contributed by atoms with Gasteiger partial charge in [0.05, 0.1) is 12.1 Å². The van der Waals surface area contributed by atoms with Gasteiger partial charge in [0, 0.05) is 10.3 Å². The number of para-hydroxylation sites is 1. The van der Waals surface area contributed by atoms with Crippen molar-refractivity contribution in [3.8, 4) is 0 Å². The number of carboxylic acids is 1. The van der Waals surface area contributed by atoms with Crippen LogP contribution in [0.25, 0.3) is 11.0 Å². The van der Waals surface area contributed by atoms with Crippen molar-refractivity contribution in [1.29, 1.82) is 0 Å². The van der Waals surface area contributed by atoms with E-state index in [1.807, 2.05) is 11.4 Å².